The summed E-state index contributed by atoms with van der Waals surface area (Å²) in [5.74, 6) is -3.37. The van der Waals surface area contributed by atoms with Crippen LogP contribution < -0.4 is 5.32 Å². The van der Waals surface area contributed by atoms with Gasteiger partial charge in [-0.1, -0.05) is 23.7 Å². The maximum absolute atomic E-state index is 14.3. The molecule has 2 aromatic rings. The highest BCUT2D eigenvalue weighted by molar-refractivity contribution is 6.92. The lowest BCUT2D eigenvalue weighted by Gasteiger charge is -2.51. The molecule has 1 fully saturated rings. The van der Waals surface area contributed by atoms with Crippen molar-refractivity contribution in [2.24, 2.45) is 0 Å². The van der Waals surface area contributed by atoms with Crippen LogP contribution >= 0.6 is 23.2 Å². The maximum atomic E-state index is 14.3. The Balaban J connectivity index is 1.95. The van der Waals surface area contributed by atoms with E-state index in [1.54, 1.807) is 45.0 Å². The second-order valence-electron chi connectivity index (χ2n) is 9.31. The average Bonchev–Trinajstić information content (AvgIpc) is 2.73. The van der Waals surface area contributed by atoms with Gasteiger partial charge in [-0.15, -0.1) is 11.6 Å². The number of benzene rings is 2. The summed E-state index contributed by atoms with van der Waals surface area (Å²) in [6.07, 6.45) is 0. The third kappa shape index (κ3) is 6.39. The van der Waals surface area contributed by atoms with Crippen LogP contribution in [-0.4, -0.2) is 48.1 Å². The molecule has 0 bridgehead atoms. The highest BCUT2D eigenvalue weighted by Gasteiger charge is 2.59. The van der Waals surface area contributed by atoms with Gasteiger partial charge in [-0.05, 0) is 62.7 Å². The molecule has 1 heterocycles. The Hall–Kier alpha value is -2.49. The zero-order valence-corrected chi connectivity index (χ0v) is 22.0. The maximum Gasteiger partial charge on any atom is 0.270 e. The van der Waals surface area contributed by atoms with Crippen molar-refractivity contribution in [3.05, 3.63) is 64.7 Å². The molecule has 1 aliphatic heterocycles. The Morgan fingerprint density at radius 2 is 1.74 bits per heavy atom. The van der Waals surface area contributed by atoms with Crippen molar-refractivity contribution in [1.29, 1.82) is 0 Å². The van der Waals surface area contributed by atoms with Crippen molar-refractivity contribution >= 4 is 55.1 Å². The molecule has 35 heavy (non-hydrogen) atoms. The van der Waals surface area contributed by atoms with Gasteiger partial charge in [0.2, 0.25) is 11.8 Å². The first-order chi connectivity index (χ1) is 16.3. The van der Waals surface area contributed by atoms with Crippen LogP contribution in [-0.2, 0) is 20.9 Å². The van der Waals surface area contributed by atoms with Crippen molar-refractivity contribution in [2.75, 3.05) is 11.2 Å². The molecule has 0 aromatic heterocycles. The molecule has 0 saturated carbocycles. The van der Waals surface area contributed by atoms with Crippen LogP contribution in [0, 0.1) is 11.6 Å². The molecule has 3 rings (SSSR count). The largest absolute Gasteiger partial charge is 0.465 e. The number of hydrogen-bond donors (Lipinski definition) is 1. The number of anilines is 1. The number of nitrogens with zero attached hydrogens (tertiary/aromatic N) is 1. The second kappa shape index (κ2) is 10.6. The van der Waals surface area contributed by atoms with E-state index < -0.39 is 54.9 Å². The summed E-state index contributed by atoms with van der Waals surface area (Å²) < 4.78 is 33.1. The normalized spacial score (nSPS) is 15.2. The van der Waals surface area contributed by atoms with Crippen molar-refractivity contribution in [3.63, 3.8) is 0 Å². The number of amides is 2. The molecule has 1 N–H and O–H groups in total. The number of nitrogens with one attached hydrogen (secondary N) is 1. The average molecular weight is 542 g/mol. The molecule has 0 spiro atoms. The van der Waals surface area contributed by atoms with Gasteiger partial charge in [0, 0.05) is 17.6 Å². The van der Waals surface area contributed by atoms with Gasteiger partial charge in [-0.25, -0.2) is 8.78 Å². The number of hydrogen-bond acceptors (Lipinski definition) is 4. The Kier molecular flexibility index (Phi) is 8.24. The predicted molar refractivity (Wildman–Crippen MR) is 132 cm³/mol. The summed E-state index contributed by atoms with van der Waals surface area (Å²) >= 11 is 11.9. The zero-order chi connectivity index (χ0) is 26.0. The minimum Gasteiger partial charge on any atom is -0.465 e. The number of halogens is 4. The van der Waals surface area contributed by atoms with E-state index in [-0.39, 0.29) is 24.3 Å². The van der Waals surface area contributed by atoms with Gasteiger partial charge in [0.25, 0.3) is 5.59 Å². The lowest BCUT2D eigenvalue weighted by Crippen LogP contribution is -2.69. The van der Waals surface area contributed by atoms with Crippen LogP contribution in [0.25, 0.3) is 0 Å². The summed E-state index contributed by atoms with van der Waals surface area (Å²) in [6, 6.07) is 9.58. The van der Waals surface area contributed by atoms with Crippen LogP contribution in [0.2, 0.25) is 17.1 Å². The van der Waals surface area contributed by atoms with Crippen LogP contribution in [0.3, 0.4) is 0 Å². The molecule has 6 nitrogen and oxygen atoms in total. The molecule has 1 radical (unpaired) electrons. The third-order valence-electron chi connectivity index (χ3n) is 5.49. The lowest BCUT2D eigenvalue weighted by atomic mass is 9.97. The third-order valence-corrected chi connectivity index (χ3v) is 8.67. The van der Waals surface area contributed by atoms with E-state index in [0.29, 0.717) is 16.7 Å². The number of carbonyl (C=O) groups is 3. The van der Waals surface area contributed by atoms with Crippen LogP contribution in [0.5, 0.6) is 0 Å². The van der Waals surface area contributed by atoms with Gasteiger partial charge in [0.05, 0.1) is 5.69 Å². The molecule has 11 heteroatoms. The molecule has 0 unspecified atom stereocenters. The van der Waals surface area contributed by atoms with E-state index in [1.807, 2.05) is 0 Å². The summed E-state index contributed by atoms with van der Waals surface area (Å²) in [6.45, 7) is 5.25. The smallest absolute Gasteiger partial charge is 0.270 e. The first-order valence-electron chi connectivity index (χ1n) is 10.8. The molecular weight excluding hydrogens is 517 g/mol. The number of rotatable bonds is 7. The van der Waals surface area contributed by atoms with E-state index in [9.17, 15) is 23.2 Å². The van der Waals surface area contributed by atoms with Crippen molar-refractivity contribution in [3.8, 4) is 0 Å². The summed E-state index contributed by atoms with van der Waals surface area (Å²) in [4.78, 5) is 40.5. The van der Waals surface area contributed by atoms with Crippen LogP contribution in [0.15, 0.2) is 42.5 Å². The number of alkyl halides is 1. The highest BCUT2D eigenvalue weighted by Crippen LogP contribution is 2.43. The fraction of sp³-hybridized carbons (Fsp3) is 0.375. The molecule has 0 aliphatic carbocycles. The first-order valence-corrected chi connectivity index (χ1v) is 13.6. The molecular formula is C24H25Cl2F2N2O4Si. The summed E-state index contributed by atoms with van der Waals surface area (Å²) in [5.41, 5.74) is -2.12. The molecule has 0 atom stereocenters. The van der Waals surface area contributed by atoms with Crippen molar-refractivity contribution in [1.82, 2.24) is 4.90 Å². The lowest BCUT2D eigenvalue weighted by molar-refractivity contribution is -0.143. The Morgan fingerprint density at radius 1 is 1.11 bits per heavy atom. The van der Waals surface area contributed by atoms with Gasteiger partial charge in [0.1, 0.15) is 28.7 Å². The molecule has 2 aromatic carbocycles. The van der Waals surface area contributed by atoms with Gasteiger partial charge in [0.15, 0.2) is 8.80 Å². The van der Waals surface area contributed by atoms with Crippen LogP contribution in [0.4, 0.5) is 19.3 Å². The standard InChI is InChI=1S/C24H25Cl2F2N2O4Si/c1-23(2,3)34-22(33)35-13-24(14-35,21(32)29-19-9-8-17(27)10-18(19)28)30(20(31)11-25)12-15-4-6-16(26)7-5-15/h4-10H,11-14H2,1-3H3,(H,29,32). The van der Waals surface area contributed by atoms with Gasteiger partial charge in [-0.3, -0.25) is 14.4 Å². The Labute approximate surface area is 214 Å². The van der Waals surface area contributed by atoms with Crippen molar-refractivity contribution < 1.29 is 27.9 Å². The Morgan fingerprint density at radius 3 is 2.29 bits per heavy atom. The van der Waals surface area contributed by atoms with Gasteiger partial charge >= 0.3 is 0 Å². The summed E-state index contributed by atoms with van der Waals surface area (Å²) in [5, 5.41) is 2.97. The fourth-order valence-electron chi connectivity index (χ4n) is 3.78. The predicted octanol–water partition coefficient (Wildman–Crippen LogP) is 5.59. The highest BCUT2D eigenvalue weighted by atomic mass is 35.5. The fourth-order valence-corrected chi connectivity index (χ4v) is 6.80. The van der Waals surface area contributed by atoms with E-state index in [0.717, 1.165) is 12.1 Å². The topological polar surface area (TPSA) is 75.7 Å². The zero-order valence-electron chi connectivity index (χ0n) is 19.5. The number of ether oxygens (including phenoxy) is 1. The minimum absolute atomic E-state index is 0.0194. The molecule has 2 amide bonds. The molecule has 187 valence electrons. The summed E-state index contributed by atoms with van der Waals surface area (Å²) in [7, 11) is -1.83. The van der Waals surface area contributed by atoms with E-state index >= 15 is 0 Å². The molecule has 1 saturated heterocycles. The van der Waals surface area contributed by atoms with Gasteiger partial charge < -0.3 is 15.0 Å². The SMILES string of the molecule is CC(C)(C)OC(=O)[Si]1CC(C(=O)Nc2ccc(F)cc2F)(N(Cc2ccc(Cl)cc2)C(=O)CCl)C1. The Bertz CT molecular complexity index is 1120. The van der Waals surface area contributed by atoms with E-state index in [1.165, 1.54) is 4.90 Å². The van der Waals surface area contributed by atoms with Crippen LogP contribution in [0.1, 0.15) is 26.3 Å². The number of carbonyl (C=O) groups excluding carboxylic acids is 3. The minimum atomic E-state index is -1.83. The van der Waals surface area contributed by atoms with Gasteiger partial charge in [-0.2, -0.15) is 0 Å². The van der Waals surface area contributed by atoms with Crippen molar-refractivity contribution in [2.45, 2.75) is 50.5 Å². The molecule has 1 aliphatic rings. The van der Waals surface area contributed by atoms with E-state index in [2.05, 4.69) is 5.32 Å². The monoisotopic (exact) mass is 541 g/mol. The quantitative estimate of drug-likeness (QED) is 0.366. The second-order valence-corrected chi connectivity index (χ2v) is 12.3. The van der Waals surface area contributed by atoms with E-state index in [4.69, 9.17) is 27.9 Å². The first kappa shape index (κ1) is 27.1.